The van der Waals surface area contributed by atoms with Crippen molar-refractivity contribution < 1.29 is 4.74 Å². The topological polar surface area (TPSA) is 9.23 Å². The summed E-state index contributed by atoms with van der Waals surface area (Å²) in [6, 6.07) is 0. The Balaban J connectivity index is -0.000000376. The van der Waals surface area contributed by atoms with E-state index in [2.05, 4.69) is 20.1 Å². The van der Waals surface area contributed by atoms with Gasteiger partial charge in [-0.3, -0.25) is 0 Å². The first-order valence-electron chi connectivity index (χ1n) is 5.98. The number of ether oxygens (including phenoxy) is 1. The first-order chi connectivity index (χ1) is 7.79. The zero-order chi connectivity index (χ0) is 13.4. The summed E-state index contributed by atoms with van der Waals surface area (Å²) >= 11 is 0. The monoisotopic (exact) mass is 224 g/mol. The highest BCUT2D eigenvalue weighted by atomic mass is 16.5. The second-order valence-electron chi connectivity index (χ2n) is 2.25. The van der Waals surface area contributed by atoms with E-state index in [4.69, 9.17) is 4.74 Å². The Morgan fingerprint density at radius 3 is 1.88 bits per heavy atom. The van der Waals surface area contributed by atoms with Crippen LogP contribution in [0.5, 0.6) is 0 Å². The van der Waals surface area contributed by atoms with Gasteiger partial charge in [0.2, 0.25) is 0 Å². The highest BCUT2D eigenvalue weighted by molar-refractivity contribution is 5.28. The van der Waals surface area contributed by atoms with E-state index >= 15 is 0 Å². The molecule has 0 aliphatic rings. The molecule has 0 aromatic rings. The summed E-state index contributed by atoms with van der Waals surface area (Å²) in [4.78, 5) is 0. The lowest BCUT2D eigenvalue weighted by Gasteiger charge is -2.04. The van der Waals surface area contributed by atoms with Crippen molar-refractivity contribution in [3.8, 4) is 0 Å². The number of hydrogen-bond donors (Lipinski definition) is 0. The van der Waals surface area contributed by atoms with Gasteiger partial charge >= 0.3 is 0 Å². The molecule has 0 fully saturated rings. The zero-order valence-corrected chi connectivity index (χ0v) is 11.8. The van der Waals surface area contributed by atoms with Crippen LogP contribution in [0.15, 0.2) is 48.8 Å². The molecule has 1 nitrogen and oxygen atoms in total. The van der Waals surface area contributed by atoms with E-state index in [0.717, 1.165) is 17.8 Å². The quantitative estimate of drug-likeness (QED) is 0.456. The SMILES string of the molecule is C=C/C=C\C(OC)=C(/C=C)CC.CC.CC. The maximum absolute atomic E-state index is 5.17. The van der Waals surface area contributed by atoms with Crippen LogP contribution in [-0.2, 0) is 4.74 Å². The van der Waals surface area contributed by atoms with Crippen LogP contribution >= 0.6 is 0 Å². The first kappa shape index (κ1) is 20.2. The molecule has 0 aliphatic heterocycles. The van der Waals surface area contributed by atoms with Crippen LogP contribution in [0.3, 0.4) is 0 Å². The van der Waals surface area contributed by atoms with Crippen LogP contribution in [0.2, 0.25) is 0 Å². The van der Waals surface area contributed by atoms with Crippen molar-refractivity contribution in [1.29, 1.82) is 0 Å². The van der Waals surface area contributed by atoms with Crippen LogP contribution in [-0.4, -0.2) is 7.11 Å². The third-order valence-electron chi connectivity index (χ3n) is 1.55. The Labute approximate surface area is 102 Å². The second-order valence-corrected chi connectivity index (χ2v) is 2.25. The molecule has 0 saturated heterocycles. The van der Waals surface area contributed by atoms with E-state index in [-0.39, 0.29) is 0 Å². The van der Waals surface area contributed by atoms with E-state index in [0.29, 0.717) is 0 Å². The van der Waals surface area contributed by atoms with E-state index < -0.39 is 0 Å². The van der Waals surface area contributed by atoms with Crippen molar-refractivity contribution in [3.63, 3.8) is 0 Å². The molecule has 0 heterocycles. The molecule has 0 radical (unpaired) electrons. The summed E-state index contributed by atoms with van der Waals surface area (Å²) in [7, 11) is 1.65. The normalized spacial score (nSPS) is 10.1. The Hall–Kier alpha value is -1.24. The molecule has 0 bridgehead atoms. The van der Waals surface area contributed by atoms with Gasteiger partial charge in [-0.05, 0) is 18.1 Å². The number of rotatable bonds is 5. The van der Waals surface area contributed by atoms with Crippen LogP contribution in [0.25, 0.3) is 0 Å². The average Bonchev–Trinajstić information content (AvgIpc) is 2.39. The van der Waals surface area contributed by atoms with Gasteiger partial charge in [-0.25, -0.2) is 0 Å². The van der Waals surface area contributed by atoms with E-state index in [1.807, 2.05) is 45.9 Å². The molecule has 0 aliphatic carbocycles. The summed E-state index contributed by atoms with van der Waals surface area (Å²) < 4.78 is 5.17. The summed E-state index contributed by atoms with van der Waals surface area (Å²) in [5.41, 5.74) is 1.11. The van der Waals surface area contributed by atoms with Gasteiger partial charge in [0.1, 0.15) is 5.76 Å². The van der Waals surface area contributed by atoms with Gasteiger partial charge in [0.25, 0.3) is 0 Å². The van der Waals surface area contributed by atoms with Crippen molar-refractivity contribution >= 4 is 0 Å². The molecule has 0 spiro atoms. The summed E-state index contributed by atoms with van der Waals surface area (Å²) in [6.07, 6.45) is 8.18. The second kappa shape index (κ2) is 19.4. The van der Waals surface area contributed by atoms with E-state index in [1.165, 1.54) is 0 Å². The molecule has 0 amide bonds. The van der Waals surface area contributed by atoms with Crippen molar-refractivity contribution in [2.45, 2.75) is 41.0 Å². The number of hydrogen-bond acceptors (Lipinski definition) is 1. The summed E-state index contributed by atoms with van der Waals surface area (Å²) in [5, 5.41) is 0. The average molecular weight is 224 g/mol. The molecule has 0 atom stereocenters. The predicted molar refractivity (Wildman–Crippen MR) is 76.6 cm³/mol. The van der Waals surface area contributed by atoms with E-state index in [9.17, 15) is 0 Å². The fourth-order valence-electron chi connectivity index (χ4n) is 0.881. The van der Waals surface area contributed by atoms with Crippen molar-refractivity contribution in [2.24, 2.45) is 0 Å². The van der Waals surface area contributed by atoms with Gasteiger partial charge in [0, 0.05) is 0 Å². The maximum Gasteiger partial charge on any atom is 0.122 e. The third-order valence-corrected chi connectivity index (χ3v) is 1.55. The van der Waals surface area contributed by atoms with Gasteiger partial charge in [-0.1, -0.05) is 66.0 Å². The van der Waals surface area contributed by atoms with Crippen molar-refractivity contribution in [1.82, 2.24) is 0 Å². The Kier molecular flexibility index (Phi) is 24.4. The molecule has 0 aromatic heterocycles. The largest absolute Gasteiger partial charge is 0.496 e. The maximum atomic E-state index is 5.17. The fraction of sp³-hybridized carbons (Fsp3) is 0.467. The van der Waals surface area contributed by atoms with Crippen molar-refractivity contribution in [3.05, 3.63) is 48.8 Å². The molecule has 0 saturated carbocycles. The Morgan fingerprint density at radius 2 is 1.62 bits per heavy atom. The Morgan fingerprint density at radius 1 is 1.12 bits per heavy atom. The smallest absolute Gasteiger partial charge is 0.122 e. The fourth-order valence-corrected chi connectivity index (χ4v) is 0.881. The first-order valence-corrected chi connectivity index (χ1v) is 5.98. The lowest BCUT2D eigenvalue weighted by atomic mass is 10.1. The molecule has 0 rings (SSSR count). The highest BCUT2D eigenvalue weighted by Gasteiger charge is 1.96. The van der Waals surface area contributed by atoms with Gasteiger partial charge in [0.15, 0.2) is 0 Å². The van der Waals surface area contributed by atoms with Crippen LogP contribution in [0, 0.1) is 0 Å². The molecule has 1 heteroatoms. The lowest BCUT2D eigenvalue weighted by molar-refractivity contribution is 0.302. The number of allylic oxidation sites excluding steroid dienone is 5. The standard InChI is InChI=1S/C11H16O.2C2H6/c1-5-8-9-11(12-4)10(6-2)7-3;2*1-2/h5-6,8-9H,1-2,7H2,3-4H3;2*1-2H3/b9-8-,11-10-;;. The summed E-state index contributed by atoms with van der Waals surface area (Å²) in [5.74, 6) is 0.854. The van der Waals surface area contributed by atoms with Crippen LogP contribution in [0.4, 0.5) is 0 Å². The molecule has 94 valence electrons. The van der Waals surface area contributed by atoms with Gasteiger partial charge in [-0.2, -0.15) is 0 Å². The minimum absolute atomic E-state index is 0.854. The van der Waals surface area contributed by atoms with Gasteiger partial charge in [-0.15, -0.1) is 0 Å². The zero-order valence-electron chi connectivity index (χ0n) is 11.8. The Bertz CT molecular complexity index is 209. The molecule has 0 aromatic carbocycles. The number of methoxy groups -OCH3 is 1. The van der Waals surface area contributed by atoms with E-state index in [1.54, 1.807) is 13.2 Å². The lowest BCUT2D eigenvalue weighted by Crippen LogP contribution is -1.87. The van der Waals surface area contributed by atoms with Gasteiger partial charge < -0.3 is 4.74 Å². The molecule has 16 heavy (non-hydrogen) atoms. The molecule has 0 unspecified atom stereocenters. The van der Waals surface area contributed by atoms with Gasteiger partial charge in [0.05, 0.1) is 7.11 Å². The highest BCUT2D eigenvalue weighted by Crippen LogP contribution is 2.11. The van der Waals surface area contributed by atoms with Crippen LogP contribution < -0.4 is 0 Å². The molecular formula is C15H28O. The minimum atomic E-state index is 0.854. The molecule has 0 N–H and O–H groups in total. The van der Waals surface area contributed by atoms with Crippen LogP contribution in [0.1, 0.15) is 41.0 Å². The minimum Gasteiger partial charge on any atom is -0.496 e. The van der Waals surface area contributed by atoms with Crippen molar-refractivity contribution in [2.75, 3.05) is 7.11 Å². The summed E-state index contributed by atoms with van der Waals surface area (Å²) in [6.45, 7) is 17.4. The molecular weight excluding hydrogens is 196 g/mol. The third kappa shape index (κ3) is 10.8. The predicted octanol–water partition coefficient (Wildman–Crippen LogP) is 5.28.